The van der Waals surface area contributed by atoms with Gasteiger partial charge in [-0.2, -0.15) is 5.10 Å². The molecule has 2 aromatic rings. The zero-order chi connectivity index (χ0) is 21.6. The van der Waals surface area contributed by atoms with Crippen LogP contribution in [0.2, 0.25) is 5.02 Å². The van der Waals surface area contributed by atoms with Crippen LogP contribution in [0.4, 0.5) is 18.0 Å². The van der Waals surface area contributed by atoms with Crippen molar-refractivity contribution in [1.82, 2.24) is 14.7 Å². The number of carbonyl (C=O) groups excluding carboxylic acids is 1. The molecule has 0 N–H and O–H groups in total. The van der Waals surface area contributed by atoms with Gasteiger partial charge in [0.05, 0.1) is 29.5 Å². The average molecular weight is 430 g/mol. The Kier molecular flexibility index (Phi) is 5.60. The van der Waals surface area contributed by atoms with Crippen molar-refractivity contribution in [2.75, 3.05) is 19.9 Å². The third-order valence-electron chi connectivity index (χ3n) is 4.86. The Labute approximate surface area is 172 Å². The number of hydrogen-bond donors (Lipinski definition) is 0. The summed E-state index contributed by atoms with van der Waals surface area (Å²) in [6, 6.07) is 4.12. The van der Waals surface area contributed by atoms with E-state index in [1.165, 1.54) is 27.8 Å². The molecule has 1 amide bonds. The van der Waals surface area contributed by atoms with Crippen LogP contribution in [-0.4, -0.2) is 46.3 Å². The predicted molar refractivity (Wildman–Crippen MR) is 104 cm³/mol. The molecule has 0 unspecified atom stereocenters. The molecular weight excluding hydrogens is 407 g/mol. The fourth-order valence-electron chi connectivity index (χ4n) is 3.37. The molecular formula is C20H23ClF3N3O2. The molecule has 29 heavy (non-hydrogen) atoms. The highest BCUT2D eigenvalue weighted by Crippen LogP contribution is 2.36. The van der Waals surface area contributed by atoms with Gasteiger partial charge >= 0.3 is 6.09 Å². The first-order valence-corrected chi connectivity index (χ1v) is 9.53. The van der Waals surface area contributed by atoms with Crippen LogP contribution in [0.3, 0.4) is 0 Å². The quantitative estimate of drug-likeness (QED) is 0.687. The maximum atomic E-state index is 14.1. The lowest BCUT2D eigenvalue weighted by Crippen LogP contribution is -2.56. The number of fused-ring (bicyclic) bond motifs is 1. The van der Waals surface area contributed by atoms with Gasteiger partial charge in [-0.1, -0.05) is 11.6 Å². The third kappa shape index (κ3) is 3.95. The van der Waals surface area contributed by atoms with Gasteiger partial charge in [-0.3, -0.25) is 9.58 Å². The molecule has 9 heteroatoms. The first-order chi connectivity index (χ1) is 13.5. The Hall–Kier alpha value is -2.22. The van der Waals surface area contributed by atoms with Crippen LogP contribution in [0.5, 0.6) is 0 Å². The van der Waals surface area contributed by atoms with Crippen molar-refractivity contribution in [3.8, 4) is 11.3 Å². The Morgan fingerprint density at radius 2 is 1.97 bits per heavy atom. The van der Waals surface area contributed by atoms with E-state index in [4.69, 9.17) is 16.3 Å². The summed E-state index contributed by atoms with van der Waals surface area (Å²) in [6.07, 6.45) is -0.651. The number of alkyl halides is 2. The number of rotatable bonds is 3. The third-order valence-corrected chi connectivity index (χ3v) is 5.15. The second-order valence-electron chi connectivity index (χ2n) is 8.29. The van der Waals surface area contributed by atoms with Gasteiger partial charge in [0.2, 0.25) is 0 Å². The van der Waals surface area contributed by atoms with Crippen molar-refractivity contribution in [3.63, 3.8) is 0 Å². The lowest BCUT2D eigenvalue weighted by molar-refractivity contribution is -0.00370. The summed E-state index contributed by atoms with van der Waals surface area (Å²) in [4.78, 5) is 13.9. The van der Waals surface area contributed by atoms with Crippen molar-refractivity contribution in [2.24, 2.45) is 0 Å². The summed E-state index contributed by atoms with van der Waals surface area (Å²) in [6.45, 7) is 4.66. The molecule has 2 heterocycles. The summed E-state index contributed by atoms with van der Waals surface area (Å²) >= 11 is 5.88. The molecule has 0 saturated heterocycles. The van der Waals surface area contributed by atoms with Crippen molar-refractivity contribution < 1.29 is 22.7 Å². The van der Waals surface area contributed by atoms with Gasteiger partial charge in [0, 0.05) is 11.1 Å². The second-order valence-corrected chi connectivity index (χ2v) is 8.70. The Morgan fingerprint density at radius 3 is 2.52 bits per heavy atom. The molecule has 158 valence electrons. The largest absolute Gasteiger partial charge is 0.444 e. The smallest absolute Gasteiger partial charge is 0.410 e. The highest BCUT2D eigenvalue weighted by atomic mass is 35.5. The fraction of sp³-hybridized carbons (Fsp3) is 0.500. The molecule has 1 aromatic heterocycles. The highest BCUT2D eigenvalue weighted by molar-refractivity contribution is 6.31. The highest BCUT2D eigenvalue weighted by Gasteiger charge is 2.45. The van der Waals surface area contributed by atoms with E-state index in [1.54, 1.807) is 27.7 Å². The fourth-order valence-corrected chi connectivity index (χ4v) is 3.55. The van der Waals surface area contributed by atoms with E-state index < -0.39 is 36.4 Å². The molecule has 5 nitrogen and oxygen atoms in total. The Balaban J connectivity index is 2.08. The number of hydrogen-bond acceptors (Lipinski definition) is 3. The first-order valence-electron chi connectivity index (χ1n) is 9.15. The average Bonchev–Trinajstić information content (AvgIpc) is 2.99. The van der Waals surface area contributed by atoms with E-state index in [-0.39, 0.29) is 18.1 Å². The molecule has 0 fully saturated rings. The number of amides is 1. The van der Waals surface area contributed by atoms with Gasteiger partial charge in [-0.05, 0) is 45.9 Å². The Morgan fingerprint density at radius 1 is 1.31 bits per heavy atom. The van der Waals surface area contributed by atoms with E-state index >= 15 is 0 Å². The monoisotopic (exact) mass is 429 g/mol. The van der Waals surface area contributed by atoms with E-state index in [0.717, 1.165) is 0 Å². The molecule has 3 rings (SSSR count). The zero-order valence-corrected chi connectivity index (χ0v) is 17.5. The summed E-state index contributed by atoms with van der Waals surface area (Å²) in [5.41, 5.74) is -0.323. The van der Waals surface area contributed by atoms with Crippen LogP contribution in [-0.2, 0) is 16.8 Å². The van der Waals surface area contributed by atoms with Crippen molar-refractivity contribution in [2.45, 2.75) is 45.4 Å². The van der Waals surface area contributed by atoms with Crippen LogP contribution >= 0.6 is 11.6 Å². The van der Waals surface area contributed by atoms with Crippen LogP contribution < -0.4 is 0 Å². The molecule has 1 aromatic carbocycles. The molecule has 1 aliphatic rings. The van der Waals surface area contributed by atoms with E-state index in [2.05, 4.69) is 5.10 Å². The number of aromatic nitrogens is 2. The summed E-state index contributed by atoms with van der Waals surface area (Å²) < 4.78 is 48.4. The predicted octanol–water partition coefficient (Wildman–Crippen LogP) is 5.04. The molecule has 0 saturated carbocycles. The van der Waals surface area contributed by atoms with Crippen molar-refractivity contribution in [1.29, 1.82) is 0 Å². The summed E-state index contributed by atoms with van der Waals surface area (Å²) in [5, 5.41) is 4.35. The number of ether oxygens (including phenoxy) is 1. The van der Waals surface area contributed by atoms with E-state index in [9.17, 15) is 18.0 Å². The van der Waals surface area contributed by atoms with Gasteiger partial charge in [-0.15, -0.1) is 0 Å². The van der Waals surface area contributed by atoms with Crippen molar-refractivity contribution in [3.05, 3.63) is 40.3 Å². The van der Waals surface area contributed by atoms with Gasteiger partial charge < -0.3 is 4.74 Å². The molecule has 1 aliphatic heterocycles. The lowest BCUT2D eigenvalue weighted by Gasteiger charge is -2.40. The number of carbonyl (C=O) groups is 1. The van der Waals surface area contributed by atoms with E-state index in [0.29, 0.717) is 22.5 Å². The van der Waals surface area contributed by atoms with Gasteiger partial charge in [0.1, 0.15) is 30.3 Å². The van der Waals surface area contributed by atoms with Crippen LogP contribution in [0.1, 0.15) is 32.0 Å². The van der Waals surface area contributed by atoms with Gasteiger partial charge in [-0.25, -0.2) is 18.0 Å². The molecule has 0 atom stereocenters. The zero-order valence-electron chi connectivity index (χ0n) is 16.7. The lowest BCUT2D eigenvalue weighted by atomic mass is 9.98. The maximum absolute atomic E-state index is 14.1. The topological polar surface area (TPSA) is 47.4 Å². The first kappa shape index (κ1) is 21.5. The standard InChI is InChI=1S/C20H23ClF3N3O2/c1-12-16-8-26(18(28)29-19(2,3)4)11-20(9-22,10-23)27(16)25-17(12)13-5-6-15(24)14(21)7-13/h5-7H,8-11H2,1-4H3. The number of benzene rings is 1. The minimum Gasteiger partial charge on any atom is -0.444 e. The SMILES string of the molecule is Cc1c(-c2ccc(F)c(Cl)c2)nn2c1CN(C(=O)OC(C)(C)C)CC2(CF)CF. The molecule has 0 radical (unpaired) electrons. The molecule has 0 bridgehead atoms. The number of halogens is 4. The summed E-state index contributed by atoms with van der Waals surface area (Å²) in [7, 11) is 0. The van der Waals surface area contributed by atoms with Gasteiger partial charge in [0.15, 0.2) is 0 Å². The van der Waals surface area contributed by atoms with E-state index in [1.807, 2.05) is 0 Å². The van der Waals surface area contributed by atoms with Crippen LogP contribution in [0.25, 0.3) is 11.3 Å². The van der Waals surface area contributed by atoms with Crippen molar-refractivity contribution >= 4 is 17.7 Å². The minimum absolute atomic E-state index is 0.0782. The normalized spacial score (nSPS) is 15.9. The minimum atomic E-state index is -1.66. The summed E-state index contributed by atoms with van der Waals surface area (Å²) in [5.74, 6) is -0.574. The molecule has 0 spiro atoms. The van der Waals surface area contributed by atoms with Crippen LogP contribution in [0.15, 0.2) is 18.2 Å². The number of nitrogens with zero attached hydrogens (tertiary/aromatic N) is 3. The van der Waals surface area contributed by atoms with Gasteiger partial charge in [0.25, 0.3) is 0 Å². The molecule has 0 aliphatic carbocycles. The second kappa shape index (κ2) is 7.55. The Bertz CT molecular complexity index is 936. The maximum Gasteiger partial charge on any atom is 0.410 e. The van der Waals surface area contributed by atoms with Crippen LogP contribution in [0, 0.1) is 12.7 Å².